The van der Waals surface area contributed by atoms with Crippen LogP contribution in [0.3, 0.4) is 0 Å². The third kappa shape index (κ3) is 3.82. The fourth-order valence-electron chi connectivity index (χ4n) is 3.46. The molecule has 0 atom stereocenters. The van der Waals surface area contributed by atoms with Gasteiger partial charge >= 0.3 is 0 Å². The zero-order valence-corrected chi connectivity index (χ0v) is 15.4. The number of benzene rings is 2. The van der Waals surface area contributed by atoms with E-state index in [4.69, 9.17) is 9.73 Å². The zero-order chi connectivity index (χ0) is 18.5. The number of hydrogen-bond donors (Lipinski definition) is 0. The Labute approximate surface area is 160 Å². The van der Waals surface area contributed by atoms with Crippen molar-refractivity contribution in [1.29, 1.82) is 0 Å². The average Bonchev–Trinajstić information content (AvgIpc) is 2.75. The van der Waals surface area contributed by atoms with Crippen LogP contribution >= 0.6 is 0 Å². The van der Waals surface area contributed by atoms with Crippen molar-refractivity contribution < 1.29 is 4.74 Å². The van der Waals surface area contributed by atoms with E-state index in [2.05, 4.69) is 53.5 Å². The lowest BCUT2D eigenvalue weighted by Crippen LogP contribution is -2.12. The van der Waals surface area contributed by atoms with Gasteiger partial charge in [0.05, 0.1) is 12.8 Å². The number of pyridine rings is 1. The normalized spacial score (nSPS) is 15.4. The third-order valence-corrected chi connectivity index (χ3v) is 4.78. The molecule has 2 aromatic carbocycles. The lowest BCUT2D eigenvalue weighted by Gasteiger charge is -2.17. The Kier molecular flexibility index (Phi) is 5.10. The molecule has 134 valence electrons. The summed E-state index contributed by atoms with van der Waals surface area (Å²) in [4.78, 5) is 9.06. The van der Waals surface area contributed by atoms with Crippen LogP contribution in [0.5, 0.6) is 5.75 Å². The molecule has 0 radical (unpaired) electrons. The van der Waals surface area contributed by atoms with Gasteiger partial charge in [-0.1, -0.05) is 36.4 Å². The van der Waals surface area contributed by atoms with Crippen molar-refractivity contribution in [3.05, 3.63) is 89.8 Å². The maximum absolute atomic E-state index is 5.40. The van der Waals surface area contributed by atoms with Gasteiger partial charge in [-0.25, -0.2) is 0 Å². The van der Waals surface area contributed by atoms with Gasteiger partial charge in [0.2, 0.25) is 0 Å². The Morgan fingerprint density at radius 1 is 0.963 bits per heavy atom. The second kappa shape index (κ2) is 8.00. The Bertz CT molecular complexity index is 990. The molecule has 1 aromatic heterocycles. The average molecular weight is 354 g/mol. The van der Waals surface area contributed by atoms with Gasteiger partial charge in [0.15, 0.2) is 0 Å². The number of hydrogen-bond acceptors (Lipinski definition) is 3. The molecule has 0 unspecified atom stereocenters. The molecule has 0 saturated carbocycles. The molecular formula is C24H22N2O. The van der Waals surface area contributed by atoms with Crippen LogP contribution in [-0.4, -0.2) is 24.4 Å². The molecule has 3 aromatic rings. The number of aromatic nitrogens is 1. The zero-order valence-electron chi connectivity index (χ0n) is 15.4. The molecule has 0 N–H and O–H groups in total. The fourth-order valence-corrected chi connectivity index (χ4v) is 3.46. The van der Waals surface area contributed by atoms with Gasteiger partial charge in [-0.05, 0) is 65.4 Å². The standard InChI is InChI=1S/C24H22N2O/c1-27-22-11-4-8-19(16-22)23-12-3-2-7-18(23)15-20-9-6-14-26-24(20)21-10-5-13-25-17-21/h2-5,7-8,10-13,15-17H,6,9,14H2,1H3/b20-15-. The number of allylic oxidation sites excluding steroid dienone is 1. The first-order valence-corrected chi connectivity index (χ1v) is 9.24. The molecule has 2 heterocycles. The highest BCUT2D eigenvalue weighted by molar-refractivity contribution is 6.15. The van der Waals surface area contributed by atoms with E-state index >= 15 is 0 Å². The smallest absolute Gasteiger partial charge is 0.119 e. The largest absolute Gasteiger partial charge is 0.497 e. The first-order chi connectivity index (χ1) is 13.3. The molecular weight excluding hydrogens is 332 g/mol. The second-order valence-corrected chi connectivity index (χ2v) is 6.56. The number of aliphatic imine (C=N–C) groups is 1. The first kappa shape index (κ1) is 17.2. The van der Waals surface area contributed by atoms with Gasteiger partial charge in [0.25, 0.3) is 0 Å². The highest BCUT2D eigenvalue weighted by atomic mass is 16.5. The maximum atomic E-state index is 5.40. The summed E-state index contributed by atoms with van der Waals surface area (Å²) in [5.74, 6) is 0.866. The summed E-state index contributed by atoms with van der Waals surface area (Å²) in [5, 5.41) is 0. The molecule has 0 bridgehead atoms. The molecule has 0 fully saturated rings. The van der Waals surface area contributed by atoms with E-state index in [1.54, 1.807) is 13.3 Å². The summed E-state index contributed by atoms with van der Waals surface area (Å²) in [5.41, 5.74) is 6.96. The van der Waals surface area contributed by atoms with Crippen LogP contribution in [0.4, 0.5) is 0 Å². The Morgan fingerprint density at radius 3 is 2.70 bits per heavy atom. The lowest BCUT2D eigenvalue weighted by molar-refractivity contribution is 0.415. The van der Waals surface area contributed by atoms with E-state index in [0.29, 0.717) is 0 Å². The van der Waals surface area contributed by atoms with Crippen molar-refractivity contribution in [3.8, 4) is 16.9 Å². The van der Waals surface area contributed by atoms with Crippen molar-refractivity contribution in [2.75, 3.05) is 13.7 Å². The second-order valence-electron chi connectivity index (χ2n) is 6.56. The summed E-state index contributed by atoms with van der Waals surface area (Å²) < 4.78 is 5.40. The van der Waals surface area contributed by atoms with Gasteiger partial charge in [-0.3, -0.25) is 9.98 Å². The van der Waals surface area contributed by atoms with Gasteiger partial charge < -0.3 is 4.74 Å². The molecule has 3 nitrogen and oxygen atoms in total. The van der Waals surface area contributed by atoms with Gasteiger partial charge in [-0.2, -0.15) is 0 Å². The maximum Gasteiger partial charge on any atom is 0.119 e. The molecule has 1 aliphatic rings. The van der Waals surface area contributed by atoms with Crippen molar-refractivity contribution in [3.63, 3.8) is 0 Å². The highest BCUT2D eigenvalue weighted by Gasteiger charge is 2.15. The molecule has 0 amide bonds. The Morgan fingerprint density at radius 2 is 1.85 bits per heavy atom. The van der Waals surface area contributed by atoms with E-state index in [9.17, 15) is 0 Å². The van der Waals surface area contributed by atoms with Crippen LogP contribution in [0.1, 0.15) is 24.0 Å². The van der Waals surface area contributed by atoms with Crippen LogP contribution in [-0.2, 0) is 0 Å². The predicted molar refractivity (Wildman–Crippen MR) is 111 cm³/mol. The van der Waals surface area contributed by atoms with Gasteiger partial charge in [-0.15, -0.1) is 0 Å². The minimum atomic E-state index is 0.866. The minimum Gasteiger partial charge on any atom is -0.497 e. The number of methoxy groups -OCH3 is 1. The monoisotopic (exact) mass is 354 g/mol. The summed E-state index contributed by atoms with van der Waals surface area (Å²) in [6.45, 7) is 0.874. The van der Waals surface area contributed by atoms with Crippen LogP contribution in [0, 0.1) is 0 Å². The highest BCUT2D eigenvalue weighted by Crippen LogP contribution is 2.30. The van der Waals surface area contributed by atoms with Crippen LogP contribution < -0.4 is 4.74 Å². The number of ether oxygens (including phenoxy) is 1. The summed E-state index contributed by atoms with van der Waals surface area (Å²) >= 11 is 0. The molecule has 3 heteroatoms. The quantitative estimate of drug-likeness (QED) is 0.626. The number of rotatable bonds is 4. The van der Waals surface area contributed by atoms with Crippen LogP contribution in [0.15, 0.2) is 83.6 Å². The topological polar surface area (TPSA) is 34.5 Å². The molecule has 1 aliphatic heterocycles. The van der Waals surface area contributed by atoms with E-state index in [1.807, 2.05) is 24.4 Å². The summed E-state index contributed by atoms with van der Waals surface area (Å²) in [7, 11) is 1.70. The minimum absolute atomic E-state index is 0.866. The molecule has 0 saturated heterocycles. The summed E-state index contributed by atoms with van der Waals surface area (Å²) in [6.07, 6.45) is 8.08. The SMILES string of the molecule is COc1cccc(-c2ccccc2/C=C2/CCCN=C2c2cccnc2)c1. The molecule has 0 spiro atoms. The van der Waals surface area contributed by atoms with Crippen molar-refractivity contribution >= 4 is 11.8 Å². The Hall–Kier alpha value is -3.20. The lowest BCUT2D eigenvalue weighted by atomic mass is 9.92. The number of nitrogens with zero attached hydrogens (tertiary/aromatic N) is 2. The first-order valence-electron chi connectivity index (χ1n) is 9.24. The van der Waals surface area contributed by atoms with Gasteiger partial charge in [0.1, 0.15) is 5.75 Å². The van der Waals surface area contributed by atoms with Crippen molar-refractivity contribution in [2.24, 2.45) is 4.99 Å². The molecule has 0 aliphatic carbocycles. The third-order valence-electron chi connectivity index (χ3n) is 4.78. The molecule has 4 rings (SSSR count). The van der Waals surface area contributed by atoms with Crippen molar-refractivity contribution in [1.82, 2.24) is 4.98 Å². The van der Waals surface area contributed by atoms with E-state index in [0.717, 1.165) is 42.0 Å². The van der Waals surface area contributed by atoms with Gasteiger partial charge in [0, 0.05) is 24.5 Å². The molecule has 27 heavy (non-hydrogen) atoms. The predicted octanol–water partition coefficient (Wildman–Crippen LogP) is 5.42. The van der Waals surface area contributed by atoms with E-state index < -0.39 is 0 Å². The fraction of sp³-hybridized carbons (Fsp3) is 0.167. The van der Waals surface area contributed by atoms with Crippen LogP contribution in [0.2, 0.25) is 0 Å². The van der Waals surface area contributed by atoms with E-state index in [-0.39, 0.29) is 0 Å². The van der Waals surface area contributed by atoms with E-state index in [1.165, 1.54) is 16.7 Å². The summed E-state index contributed by atoms with van der Waals surface area (Å²) in [6, 6.07) is 20.7. The Balaban J connectivity index is 1.77. The van der Waals surface area contributed by atoms with Crippen molar-refractivity contribution in [2.45, 2.75) is 12.8 Å². The van der Waals surface area contributed by atoms with Crippen LogP contribution in [0.25, 0.3) is 17.2 Å².